The predicted molar refractivity (Wildman–Crippen MR) is 81.3 cm³/mol. The van der Waals surface area contributed by atoms with Crippen LogP contribution in [0.4, 0.5) is 0 Å². The first kappa shape index (κ1) is 14.8. The van der Waals surface area contributed by atoms with Crippen LogP contribution in [0.3, 0.4) is 0 Å². The largest absolute Gasteiger partial charge is 0.462 e. The summed E-state index contributed by atoms with van der Waals surface area (Å²) in [5.41, 5.74) is 2.37. The maximum absolute atomic E-state index is 11.8. The molecule has 0 bridgehead atoms. The molecule has 0 aliphatic heterocycles. The molecule has 0 spiro atoms. The fraction of sp³-hybridized carbons (Fsp3) is 0.375. The molecule has 1 aromatic carbocycles. The molecule has 0 radical (unpaired) electrons. The van der Waals surface area contributed by atoms with Gasteiger partial charge in [0.1, 0.15) is 0 Å². The van der Waals surface area contributed by atoms with Gasteiger partial charge in [0.2, 0.25) is 0 Å². The minimum Gasteiger partial charge on any atom is -0.462 e. The molecular formula is C16H18ClNO2. The molecule has 0 N–H and O–H groups in total. The lowest BCUT2D eigenvalue weighted by molar-refractivity contribution is 0.0526. The number of nitrogens with zero attached hydrogens (tertiary/aromatic N) is 1. The zero-order valence-electron chi connectivity index (χ0n) is 11.8. The number of aromatic nitrogens is 1. The van der Waals surface area contributed by atoms with E-state index in [2.05, 4.69) is 18.0 Å². The van der Waals surface area contributed by atoms with Crippen molar-refractivity contribution in [1.29, 1.82) is 0 Å². The van der Waals surface area contributed by atoms with Crippen LogP contribution in [-0.2, 0) is 11.2 Å². The van der Waals surface area contributed by atoms with Crippen molar-refractivity contribution in [3.63, 3.8) is 0 Å². The molecule has 2 aromatic rings. The second kappa shape index (κ2) is 6.71. The van der Waals surface area contributed by atoms with Crippen molar-refractivity contribution >= 4 is 28.5 Å². The summed E-state index contributed by atoms with van der Waals surface area (Å²) in [5.74, 6) is -0.425. The van der Waals surface area contributed by atoms with E-state index >= 15 is 0 Å². The standard InChI is InChI=1S/C16H18ClNO2/c1-3-5-7-11-8-6-9-12-14(17)13(10-18-15(11)12)16(19)20-4-2/h6,8-10H,3-5,7H2,1-2H3. The number of carbonyl (C=O) groups excluding carboxylic acids is 1. The number of carbonyl (C=O) groups is 1. The SMILES string of the molecule is CCCCc1cccc2c(Cl)c(C(=O)OCC)cnc12. The van der Waals surface area contributed by atoms with E-state index in [1.54, 1.807) is 6.92 Å². The number of para-hydroxylation sites is 1. The molecule has 0 saturated heterocycles. The highest BCUT2D eigenvalue weighted by molar-refractivity contribution is 6.38. The third-order valence-electron chi connectivity index (χ3n) is 3.21. The van der Waals surface area contributed by atoms with Crippen molar-refractivity contribution in [1.82, 2.24) is 4.98 Å². The summed E-state index contributed by atoms with van der Waals surface area (Å²) in [6.07, 6.45) is 4.72. The van der Waals surface area contributed by atoms with Gasteiger partial charge in [-0.05, 0) is 25.3 Å². The zero-order chi connectivity index (χ0) is 14.5. The summed E-state index contributed by atoms with van der Waals surface area (Å²) in [6, 6.07) is 5.91. The van der Waals surface area contributed by atoms with Gasteiger partial charge in [-0.15, -0.1) is 0 Å². The Hall–Kier alpha value is -1.61. The van der Waals surface area contributed by atoms with Crippen LogP contribution in [0.5, 0.6) is 0 Å². The molecule has 0 fully saturated rings. The number of aryl methyl sites for hydroxylation is 1. The highest BCUT2D eigenvalue weighted by Gasteiger charge is 2.16. The quantitative estimate of drug-likeness (QED) is 0.766. The smallest absolute Gasteiger partial charge is 0.341 e. The maximum Gasteiger partial charge on any atom is 0.341 e. The highest BCUT2D eigenvalue weighted by atomic mass is 35.5. The molecule has 3 nitrogen and oxygen atoms in total. The topological polar surface area (TPSA) is 39.2 Å². The van der Waals surface area contributed by atoms with Crippen LogP contribution in [0.2, 0.25) is 5.02 Å². The monoisotopic (exact) mass is 291 g/mol. The number of ether oxygens (including phenoxy) is 1. The summed E-state index contributed by atoms with van der Waals surface area (Å²) < 4.78 is 4.99. The van der Waals surface area contributed by atoms with Crippen LogP contribution in [-0.4, -0.2) is 17.6 Å². The van der Waals surface area contributed by atoms with Gasteiger partial charge in [-0.2, -0.15) is 0 Å². The van der Waals surface area contributed by atoms with Crippen molar-refractivity contribution in [2.24, 2.45) is 0 Å². The van der Waals surface area contributed by atoms with Gasteiger partial charge >= 0.3 is 5.97 Å². The predicted octanol–water partition coefficient (Wildman–Crippen LogP) is 4.41. The maximum atomic E-state index is 11.8. The number of benzene rings is 1. The van der Waals surface area contributed by atoms with E-state index < -0.39 is 5.97 Å². The number of fused-ring (bicyclic) bond motifs is 1. The Balaban J connectivity index is 2.49. The summed E-state index contributed by atoms with van der Waals surface area (Å²) in [7, 11) is 0. The minimum absolute atomic E-state index is 0.323. The fourth-order valence-electron chi connectivity index (χ4n) is 2.17. The first-order chi connectivity index (χ1) is 9.69. The fourth-order valence-corrected chi connectivity index (χ4v) is 2.45. The molecule has 0 amide bonds. The number of unbranched alkanes of at least 4 members (excludes halogenated alkanes) is 1. The van der Waals surface area contributed by atoms with Gasteiger partial charge in [0, 0.05) is 11.6 Å². The van der Waals surface area contributed by atoms with E-state index in [4.69, 9.17) is 16.3 Å². The van der Waals surface area contributed by atoms with Crippen molar-refractivity contribution in [3.8, 4) is 0 Å². The van der Waals surface area contributed by atoms with E-state index in [0.29, 0.717) is 17.2 Å². The van der Waals surface area contributed by atoms with Crippen molar-refractivity contribution in [2.45, 2.75) is 33.1 Å². The average Bonchev–Trinajstić information content (AvgIpc) is 2.46. The average molecular weight is 292 g/mol. The van der Waals surface area contributed by atoms with Gasteiger partial charge in [0.25, 0.3) is 0 Å². The number of esters is 1. The van der Waals surface area contributed by atoms with E-state index in [0.717, 1.165) is 30.2 Å². The first-order valence-electron chi connectivity index (χ1n) is 6.92. The Morgan fingerprint density at radius 2 is 2.15 bits per heavy atom. The molecule has 0 aliphatic rings. The first-order valence-corrected chi connectivity index (χ1v) is 7.30. The van der Waals surface area contributed by atoms with Crippen molar-refractivity contribution < 1.29 is 9.53 Å². The lowest BCUT2D eigenvalue weighted by Crippen LogP contribution is -2.06. The van der Waals surface area contributed by atoms with Crippen molar-refractivity contribution in [2.75, 3.05) is 6.61 Å². The minimum atomic E-state index is -0.425. The lowest BCUT2D eigenvalue weighted by atomic mass is 10.0. The third-order valence-corrected chi connectivity index (χ3v) is 3.62. The highest BCUT2D eigenvalue weighted by Crippen LogP contribution is 2.28. The number of hydrogen-bond donors (Lipinski definition) is 0. The van der Waals surface area contributed by atoms with Crippen LogP contribution >= 0.6 is 11.6 Å². The van der Waals surface area contributed by atoms with E-state index in [1.165, 1.54) is 11.8 Å². The third kappa shape index (κ3) is 2.93. The van der Waals surface area contributed by atoms with Gasteiger partial charge in [0.05, 0.1) is 22.7 Å². The lowest BCUT2D eigenvalue weighted by Gasteiger charge is -2.09. The molecule has 106 valence electrons. The van der Waals surface area contributed by atoms with E-state index in [-0.39, 0.29) is 0 Å². The van der Waals surface area contributed by atoms with Gasteiger partial charge in [-0.1, -0.05) is 43.1 Å². The van der Waals surface area contributed by atoms with Crippen LogP contribution < -0.4 is 0 Å². The van der Waals surface area contributed by atoms with Crippen LogP contribution in [0.25, 0.3) is 10.9 Å². The van der Waals surface area contributed by atoms with Crippen LogP contribution in [0.15, 0.2) is 24.4 Å². The number of rotatable bonds is 5. The molecule has 2 rings (SSSR count). The molecule has 0 unspecified atom stereocenters. The molecule has 0 aliphatic carbocycles. The number of halogens is 1. The normalized spacial score (nSPS) is 10.8. The Morgan fingerprint density at radius 3 is 2.85 bits per heavy atom. The van der Waals surface area contributed by atoms with Gasteiger partial charge in [0.15, 0.2) is 0 Å². The van der Waals surface area contributed by atoms with Crippen LogP contribution in [0.1, 0.15) is 42.6 Å². The molecular weight excluding hydrogens is 274 g/mol. The summed E-state index contributed by atoms with van der Waals surface area (Å²) in [6.45, 7) is 4.25. The Morgan fingerprint density at radius 1 is 1.35 bits per heavy atom. The van der Waals surface area contributed by atoms with E-state index in [9.17, 15) is 4.79 Å². The number of hydrogen-bond acceptors (Lipinski definition) is 3. The Labute approximate surface area is 123 Å². The molecule has 4 heteroatoms. The summed E-state index contributed by atoms with van der Waals surface area (Å²) in [5, 5.41) is 1.23. The zero-order valence-corrected chi connectivity index (χ0v) is 12.5. The van der Waals surface area contributed by atoms with Gasteiger partial charge < -0.3 is 4.74 Å². The number of pyridine rings is 1. The van der Waals surface area contributed by atoms with Gasteiger partial charge in [-0.3, -0.25) is 4.98 Å². The Kier molecular flexibility index (Phi) is 4.96. The molecule has 0 saturated carbocycles. The molecule has 1 heterocycles. The summed E-state index contributed by atoms with van der Waals surface area (Å²) >= 11 is 6.34. The second-order valence-electron chi connectivity index (χ2n) is 4.62. The van der Waals surface area contributed by atoms with Crippen LogP contribution in [0, 0.1) is 0 Å². The summed E-state index contributed by atoms with van der Waals surface area (Å²) in [4.78, 5) is 16.2. The molecule has 1 aromatic heterocycles. The molecule has 0 atom stereocenters. The van der Waals surface area contributed by atoms with Gasteiger partial charge in [-0.25, -0.2) is 4.79 Å². The molecule has 20 heavy (non-hydrogen) atoms. The Bertz CT molecular complexity index is 625. The van der Waals surface area contributed by atoms with Crippen molar-refractivity contribution in [3.05, 3.63) is 40.5 Å². The second-order valence-corrected chi connectivity index (χ2v) is 5.00. The van der Waals surface area contributed by atoms with E-state index in [1.807, 2.05) is 12.1 Å².